The maximum Gasteiger partial charge on any atom is 0.271 e. The molecule has 1 aromatic rings. The van der Waals surface area contributed by atoms with E-state index < -0.39 is 10.0 Å². The standard InChI is InChI=1S/C18H27N3O3S/c1-14(2)6-7-15(3)19-20-18(22)16-8-10-17(11-9-16)25(23,24)21-12-4-5-13-21/h8-11,14H,4-7,12-13H2,1-3H3,(H,20,22)/b19-15-. The van der Waals surface area contributed by atoms with E-state index in [0.29, 0.717) is 24.6 Å². The van der Waals surface area contributed by atoms with Gasteiger partial charge in [0.25, 0.3) is 5.91 Å². The van der Waals surface area contributed by atoms with Gasteiger partial charge in [-0.1, -0.05) is 13.8 Å². The Morgan fingerprint density at radius 3 is 2.36 bits per heavy atom. The van der Waals surface area contributed by atoms with Crippen LogP contribution in [0, 0.1) is 5.92 Å². The Kier molecular flexibility index (Phi) is 6.72. The van der Waals surface area contributed by atoms with Crippen molar-refractivity contribution < 1.29 is 13.2 Å². The number of hydrogen-bond acceptors (Lipinski definition) is 4. The lowest BCUT2D eigenvalue weighted by atomic mass is 10.1. The first kappa shape index (κ1) is 19.6. The number of carbonyl (C=O) groups is 1. The first-order chi connectivity index (χ1) is 11.8. The van der Waals surface area contributed by atoms with Gasteiger partial charge in [0.05, 0.1) is 4.90 Å². The highest BCUT2D eigenvalue weighted by Gasteiger charge is 2.27. The number of hydrogen-bond donors (Lipinski definition) is 1. The third-order valence-corrected chi connectivity index (χ3v) is 6.16. The molecule has 1 fully saturated rings. The fourth-order valence-corrected chi connectivity index (χ4v) is 4.14. The average Bonchev–Trinajstić information content (AvgIpc) is 3.13. The third kappa shape index (κ3) is 5.37. The zero-order chi connectivity index (χ0) is 18.4. The van der Waals surface area contributed by atoms with E-state index in [1.807, 2.05) is 6.92 Å². The monoisotopic (exact) mass is 365 g/mol. The summed E-state index contributed by atoms with van der Waals surface area (Å²) in [5.41, 5.74) is 3.79. The van der Waals surface area contributed by atoms with Crippen molar-refractivity contribution in [3.63, 3.8) is 0 Å². The van der Waals surface area contributed by atoms with Gasteiger partial charge in [0.15, 0.2) is 0 Å². The molecule has 1 aromatic carbocycles. The molecule has 0 radical (unpaired) electrons. The first-order valence-electron chi connectivity index (χ1n) is 8.74. The van der Waals surface area contributed by atoms with Crippen LogP contribution in [0.15, 0.2) is 34.3 Å². The highest BCUT2D eigenvalue weighted by molar-refractivity contribution is 7.89. The van der Waals surface area contributed by atoms with Gasteiger partial charge in [-0.05, 0) is 62.8 Å². The van der Waals surface area contributed by atoms with Gasteiger partial charge in [-0.15, -0.1) is 0 Å². The van der Waals surface area contributed by atoms with Crippen LogP contribution in [-0.2, 0) is 10.0 Å². The minimum atomic E-state index is -3.45. The van der Waals surface area contributed by atoms with Crippen molar-refractivity contribution in [3.05, 3.63) is 29.8 Å². The van der Waals surface area contributed by atoms with Crippen LogP contribution in [0.25, 0.3) is 0 Å². The lowest BCUT2D eigenvalue weighted by Crippen LogP contribution is -2.28. The van der Waals surface area contributed by atoms with Crippen LogP contribution in [0.1, 0.15) is 56.8 Å². The molecule has 0 saturated carbocycles. The summed E-state index contributed by atoms with van der Waals surface area (Å²) in [6.07, 6.45) is 3.65. The largest absolute Gasteiger partial charge is 0.271 e. The predicted octanol–water partition coefficient (Wildman–Crippen LogP) is 3.01. The number of amides is 1. The molecule has 1 aliphatic rings. The molecule has 6 nitrogen and oxygen atoms in total. The lowest BCUT2D eigenvalue weighted by Gasteiger charge is -2.15. The van der Waals surface area contributed by atoms with E-state index in [1.54, 1.807) is 0 Å². The number of nitrogens with one attached hydrogen (secondary N) is 1. The molecular weight excluding hydrogens is 338 g/mol. The van der Waals surface area contributed by atoms with E-state index in [-0.39, 0.29) is 10.8 Å². The van der Waals surface area contributed by atoms with E-state index in [0.717, 1.165) is 31.4 Å². The molecule has 0 unspecified atom stereocenters. The highest BCUT2D eigenvalue weighted by Crippen LogP contribution is 2.21. The van der Waals surface area contributed by atoms with Gasteiger partial charge in [0.1, 0.15) is 0 Å². The van der Waals surface area contributed by atoms with Gasteiger partial charge >= 0.3 is 0 Å². The van der Waals surface area contributed by atoms with E-state index in [1.165, 1.54) is 28.6 Å². The quantitative estimate of drug-likeness (QED) is 0.596. The van der Waals surface area contributed by atoms with Crippen molar-refractivity contribution in [3.8, 4) is 0 Å². The summed E-state index contributed by atoms with van der Waals surface area (Å²) >= 11 is 0. The zero-order valence-electron chi connectivity index (χ0n) is 15.2. The van der Waals surface area contributed by atoms with Gasteiger partial charge in [0, 0.05) is 24.4 Å². The van der Waals surface area contributed by atoms with Gasteiger partial charge in [-0.25, -0.2) is 13.8 Å². The predicted molar refractivity (Wildman–Crippen MR) is 99.1 cm³/mol. The topological polar surface area (TPSA) is 78.8 Å². The van der Waals surface area contributed by atoms with Crippen LogP contribution in [-0.4, -0.2) is 37.4 Å². The molecular formula is C18H27N3O3S. The summed E-state index contributed by atoms with van der Waals surface area (Å²) < 4.78 is 26.4. The Bertz CT molecular complexity index is 718. The SMILES string of the molecule is C/C(CCC(C)C)=N/NC(=O)c1ccc(S(=O)(=O)N2CCCC2)cc1. The lowest BCUT2D eigenvalue weighted by molar-refractivity contribution is 0.0954. The number of hydrazone groups is 1. The molecule has 25 heavy (non-hydrogen) atoms. The Hall–Kier alpha value is -1.73. The Morgan fingerprint density at radius 2 is 1.80 bits per heavy atom. The highest BCUT2D eigenvalue weighted by atomic mass is 32.2. The first-order valence-corrected chi connectivity index (χ1v) is 10.2. The van der Waals surface area contributed by atoms with Crippen molar-refractivity contribution in [2.24, 2.45) is 11.0 Å². The number of sulfonamides is 1. The number of benzene rings is 1. The van der Waals surface area contributed by atoms with E-state index in [4.69, 9.17) is 0 Å². The second kappa shape index (κ2) is 8.58. The smallest absolute Gasteiger partial charge is 0.267 e. The van der Waals surface area contributed by atoms with Crippen molar-refractivity contribution in [1.82, 2.24) is 9.73 Å². The van der Waals surface area contributed by atoms with Crippen molar-refractivity contribution in [2.75, 3.05) is 13.1 Å². The fraction of sp³-hybridized carbons (Fsp3) is 0.556. The molecule has 0 aliphatic carbocycles. The van der Waals surface area contributed by atoms with Crippen LogP contribution in [0.2, 0.25) is 0 Å². The summed E-state index contributed by atoms with van der Waals surface area (Å²) in [5, 5.41) is 4.10. The van der Waals surface area contributed by atoms with Crippen molar-refractivity contribution in [2.45, 2.75) is 51.3 Å². The van der Waals surface area contributed by atoms with E-state index in [2.05, 4.69) is 24.4 Å². The van der Waals surface area contributed by atoms with Gasteiger partial charge in [0.2, 0.25) is 10.0 Å². The summed E-state index contributed by atoms with van der Waals surface area (Å²) in [6.45, 7) is 7.30. The molecule has 138 valence electrons. The van der Waals surface area contributed by atoms with E-state index in [9.17, 15) is 13.2 Å². The second-order valence-corrected chi connectivity index (χ2v) is 8.79. The second-order valence-electron chi connectivity index (χ2n) is 6.86. The minimum absolute atomic E-state index is 0.225. The Morgan fingerprint density at radius 1 is 1.20 bits per heavy atom. The van der Waals surface area contributed by atoms with Crippen LogP contribution in [0.3, 0.4) is 0 Å². The molecule has 0 spiro atoms. The van der Waals surface area contributed by atoms with Crippen LogP contribution in [0.4, 0.5) is 0 Å². The molecule has 1 N–H and O–H groups in total. The van der Waals surface area contributed by atoms with E-state index >= 15 is 0 Å². The zero-order valence-corrected chi connectivity index (χ0v) is 16.0. The Labute approximate surface area is 150 Å². The molecule has 0 bridgehead atoms. The maximum absolute atomic E-state index is 12.5. The molecule has 1 heterocycles. The molecule has 2 rings (SSSR count). The van der Waals surface area contributed by atoms with Crippen molar-refractivity contribution >= 4 is 21.6 Å². The summed E-state index contributed by atoms with van der Waals surface area (Å²) in [5.74, 6) is 0.250. The van der Waals surface area contributed by atoms with Gasteiger partial charge in [-0.3, -0.25) is 4.79 Å². The van der Waals surface area contributed by atoms with Gasteiger partial charge in [-0.2, -0.15) is 9.41 Å². The Balaban J connectivity index is 1.99. The number of rotatable bonds is 7. The molecule has 1 saturated heterocycles. The van der Waals surface area contributed by atoms with Crippen LogP contribution < -0.4 is 5.43 Å². The molecule has 1 aliphatic heterocycles. The summed E-state index contributed by atoms with van der Waals surface area (Å²) in [7, 11) is -3.45. The summed E-state index contributed by atoms with van der Waals surface area (Å²) in [6, 6.07) is 6.02. The summed E-state index contributed by atoms with van der Waals surface area (Å²) in [4.78, 5) is 12.4. The number of carbonyl (C=O) groups excluding carboxylic acids is 1. The third-order valence-electron chi connectivity index (χ3n) is 4.25. The minimum Gasteiger partial charge on any atom is -0.267 e. The molecule has 0 atom stereocenters. The van der Waals surface area contributed by atoms with Crippen LogP contribution >= 0.6 is 0 Å². The molecule has 7 heteroatoms. The molecule has 0 aromatic heterocycles. The molecule has 1 amide bonds. The van der Waals surface area contributed by atoms with Crippen molar-refractivity contribution in [1.29, 1.82) is 0 Å². The average molecular weight is 365 g/mol. The number of nitrogens with zero attached hydrogens (tertiary/aromatic N) is 2. The van der Waals surface area contributed by atoms with Crippen LogP contribution in [0.5, 0.6) is 0 Å². The normalized spacial score (nSPS) is 16.4. The van der Waals surface area contributed by atoms with Gasteiger partial charge < -0.3 is 0 Å². The fourth-order valence-electron chi connectivity index (χ4n) is 2.62. The maximum atomic E-state index is 12.5.